The molecule has 0 bridgehead atoms. The minimum atomic E-state index is -0.820. The normalized spacial score (nSPS) is 16.7. The Morgan fingerprint density at radius 3 is 2.57 bits per heavy atom. The van der Waals surface area contributed by atoms with Crippen LogP contribution in [0.15, 0.2) is 24.3 Å². The van der Waals surface area contributed by atoms with Gasteiger partial charge in [-0.2, -0.15) is 4.37 Å². The Bertz CT molecular complexity index is 699. The second kappa shape index (κ2) is 6.00. The Morgan fingerprint density at radius 1 is 1.30 bits per heavy atom. The van der Waals surface area contributed by atoms with Crippen LogP contribution in [0.3, 0.4) is 0 Å². The highest BCUT2D eigenvalue weighted by Crippen LogP contribution is 2.34. The van der Waals surface area contributed by atoms with Crippen molar-refractivity contribution in [1.29, 1.82) is 0 Å². The van der Waals surface area contributed by atoms with Gasteiger partial charge in [0.2, 0.25) is 0 Å². The molecule has 0 unspecified atom stereocenters. The standard InChI is InChI=1S/C17H23N3O2S/c1-17(2,3)20(16(21)22)12-8-10-19(11-9-12)15-13-6-4-5-7-14(13)18-23-15/h4-7,12H,8-11H2,1-3H3,(H,21,22). The molecule has 0 spiro atoms. The molecule has 5 nitrogen and oxygen atoms in total. The molecule has 1 aromatic heterocycles. The maximum atomic E-state index is 11.6. The first-order chi connectivity index (χ1) is 10.9. The van der Waals surface area contributed by atoms with Crippen LogP contribution in [-0.4, -0.2) is 45.1 Å². The summed E-state index contributed by atoms with van der Waals surface area (Å²) in [6.45, 7) is 7.63. The summed E-state index contributed by atoms with van der Waals surface area (Å²) in [4.78, 5) is 15.6. The molecule has 0 radical (unpaired) electrons. The highest BCUT2D eigenvalue weighted by Gasteiger charge is 2.35. The van der Waals surface area contributed by atoms with E-state index in [2.05, 4.69) is 15.3 Å². The highest BCUT2D eigenvalue weighted by atomic mass is 32.1. The zero-order valence-corrected chi connectivity index (χ0v) is 14.6. The predicted octanol–water partition coefficient (Wildman–Crippen LogP) is 4.04. The molecule has 1 amide bonds. The summed E-state index contributed by atoms with van der Waals surface area (Å²) < 4.78 is 4.51. The molecule has 124 valence electrons. The minimum Gasteiger partial charge on any atom is -0.465 e. The molecule has 2 aromatic rings. The quantitative estimate of drug-likeness (QED) is 0.901. The minimum absolute atomic E-state index is 0.0861. The van der Waals surface area contributed by atoms with Gasteiger partial charge in [0, 0.05) is 30.1 Å². The topological polar surface area (TPSA) is 56.7 Å². The van der Waals surface area contributed by atoms with Gasteiger partial charge in [0.1, 0.15) is 5.00 Å². The van der Waals surface area contributed by atoms with Gasteiger partial charge >= 0.3 is 6.09 Å². The Hall–Kier alpha value is -1.82. The lowest BCUT2D eigenvalue weighted by Crippen LogP contribution is -2.54. The van der Waals surface area contributed by atoms with Crippen LogP contribution >= 0.6 is 11.5 Å². The first-order valence-corrected chi connectivity index (χ1v) is 8.77. The predicted molar refractivity (Wildman–Crippen MR) is 94.5 cm³/mol. The molecule has 1 saturated heterocycles. The molecular formula is C17H23N3O2S. The van der Waals surface area contributed by atoms with Crippen LogP contribution < -0.4 is 4.90 Å². The van der Waals surface area contributed by atoms with Gasteiger partial charge in [-0.1, -0.05) is 12.1 Å². The number of hydrogen-bond donors (Lipinski definition) is 1. The van der Waals surface area contributed by atoms with Gasteiger partial charge in [-0.05, 0) is 57.3 Å². The SMILES string of the molecule is CC(C)(C)N(C(=O)O)C1CCN(c2snc3ccccc23)CC1. The van der Waals surface area contributed by atoms with Crippen molar-refractivity contribution in [2.75, 3.05) is 18.0 Å². The maximum absolute atomic E-state index is 11.6. The summed E-state index contributed by atoms with van der Waals surface area (Å²) in [7, 11) is 0. The average Bonchev–Trinajstić information content (AvgIpc) is 2.90. The van der Waals surface area contributed by atoms with Crippen LogP contribution in [0.25, 0.3) is 10.9 Å². The van der Waals surface area contributed by atoms with Crippen molar-refractivity contribution in [1.82, 2.24) is 9.27 Å². The number of nitrogens with zero attached hydrogens (tertiary/aromatic N) is 3. The molecule has 6 heteroatoms. The monoisotopic (exact) mass is 333 g/mol. The molecule has 1 N–H and O–H groups in total. The Kier molecular flexibility index (Phi) is 4.19. The third-order valence-electron chi connectivity index (χ3n) is 4.41. The van der Waals surface area contributed by atoms with Gasteiger partial charge in [0.25, 0.3) is 0 Å². The van der Waals surface area contributed by atoms with Gasteiger partial charge in [0.15, 0.2) is 0 Å². The smallest absolute Gasteiger partial charge is 0.407 e. The largest absolute Gasteiger partial charge is 0.465 e. The van der Waals surface area contributed by atoms with E-state index in [0.29, 0.717) is 0 Å². The number of anilines is 1. The number of aromatic nitrogens is 1. The van der Waals surface area contributed by atoms with Gasteiger partial charge in [-0.15, -0.1) is 0 Å². The van der Waals surface area contributed by atoms with Crippen LogP contribution in [0.1, 0.15) is 33.6 Å². The molecule has 0 atom stereocenters. The van der Waals surface area contributed by atoms with Crippen molar-refractivity contribution in [3.8, 4) is 0 Å². The Labute approximate surface area is 140 Å². The fourth-order valence-corrected chi connectivity index (χ4v) is 4.33. The second-order valence-corrected chi connectivity index (χ2v) is 7.80. The van der Waals surface area contributed by atoms with Crippen molar-refractivity contribution < 1.29 is 9.90 Å². The molecule has 23 heavy (non-hydrogen) atoms. The van der Waals surface area contributed by atoms with Crippen LogP contribution in [0, 0.1) is 0 Å². The maximum Gasteiger partial charge on any atom is 0.407 e. The Balaban J connectivity index is 1.74. The first kappa shape index (κ1) is 16.1. The van der Waals surface area contributed by atoms with E-state index in [-0.39, 0.29) is 11.6 Å². The van der Waals surface area contributed by atoms with E-state index in [1.54, 1.807) is 4.90 Å². The van der Waals surface area contributed by atoms with Gasteiger partial charge in [-0.25, -0.2) is 4.79 Å². The van der Waals surface area contributed by atoms with E-state index in [1.807, 2.05) is 39.0 Å². The van der Waals surface area contributed by atoms with Crippen LogP contribution in [0.2, 0.25) is 0 Å². The van der Waals surface area contributed by atoms with E-state index < -0.39 is 6.09 Å². The fourth-order valence-electron chi connectivity index (χ4n) is 3.42. The van der Waals surface area contributed by atoms with Crippen molar-refractivity contribution in [3.63, 3.8) is 0 Å². The van der Waals surface area contributed by atoms with Gasteiger partial charge in [-0.3, -0.25) is 0 Å². The summed E-state index contributed by atoms with van der Waals surface area (Å²) in [5, 5.41) is 12.0. The number of amides is 1. The van der Waals surface area contributed by atoms with Crippen molar-refractivity contribution in [2.24, 2.45) is 0 Å². The molecule has 1 aliphatic heterocycles. The highest BCUT2D eigenvalue weighted by molar-refractivity contribution is 7.11. The number of carbonyl (C=O) groups is 1. The average molecular weight is 333 g/mol. The van der Waals surface area contributed by atoms with E-state index >= 15 is 0 Å². The lowest BCUT2D eigenvalue weighted by molar-refractivity contribution is 0.0617. The second-order valence-electron chi connectivity index (χ2n) is 7.05. The lowest BCUT2D eigenvalue weighted by atomic mass is 9.97. The molecule has 0 saturated carbocycles. The van der Waals surface area contributed by atoms with E-state index in [4.69, 9.17) is 0 Å². The van der Waals surface area contributed by atoms with Crippen LogP contribution in [0.4, 0.5) is 9.80 Å². The number of carboxylic acid groups (broad SMARTS) is 1. The number of fused-ring (bicyclic) bond motifs is 1. The zero-order chi connectivity index (χ0) is 16.6. The first-order valence-electron chi connectivity index (χ1n) is 7.99. The van der Waals surface area contributed by atoms with E-state index in [9.17, 15) is 9.90 Å². The molecular weight excluding hydrogens is 310 g/mol. The Morgan fingerprint density at radius 2 is 1.96 bits per heavy atom. The van der Waals surface area contributed by atoms with Gasteiger partial charge < -0.3 is 14.9 Å². The summed E-state index contributed by atoms with van der Waals surface area (Å²) in [6, 6.07) is 8.28. The fraction of sp³-hybridized carbons (Fsp3) is 0.529. The summed E-state index contributed by atoms with van der Waals surface area (Å²) in [6.07, 6.45) is 0.894. The third-order valence-corrected chi connectivity index (χ3v) is 5.35. The van der Waals surface area contributed by atoms with E-state index in [1.165, 1.54) is 21.9 Å². The van der Waals surface area contributed by atoms with Crippen molar-refractivity contribution >= 4 is 33.5 Å². The lowest BCUT2D eigenvalue weighted by Gasteiger charge is -2.43. The van der Waals surface area contributed by atoms with Crippen LogP contribution in [0.5, 0.6) is 0 Å². The molecule has 1 aliphatic rings. The number of piperidine rings is 1. The number of rotatable bonds is 2. The number of benzene rings is 1. The molecule has 1 aromatic carbocycles. The summed E-state index contributed by atoms with van der Waals surface area (Å²) >= 11 is 1.54. The zero-order valence-electron chi connectivity index (χ0n) is 13.8. The van der Waals surface area contributed by atoms with E-state index in [0.717, 1.165) is 31.4 Å². The van der Waals surface area contributed by atoms with Gasteiger partial charge in [0.05, 0.1) is 5.52 Å². The third kappa shape index (κ3) is 3.13. The summed E-state index contributed by atoms with van der Waals surface area (Å²) in [5.74, 6) is 0. The van der Waals surface area contributed by atoms with Crippen molar-refractivity contribution in [3.05, 3.63) is 24.3 Å². The molecule has 3 rings (SSSR count). The molecule has 1 fully saturated rings. The molecule has 0 aliphatic carbocycles. The number of hydrogen-bond acceptors (Lipinski definition) is 4. The van der Waals surface area contributed by atoms with Crippen molar-refractivity contribution in [2.45, 2.75) is 45.2 Å². The van der Waals surface area contributed by atoms with Crippen LogP contribution in [-0.2, 0) is 0 Å². The molecule has 2 heterocycles. The summed E-state index contributed by atoms with van der Waals surface area (Å²) in [5.41, 5.74) is 0.673.